The second-order valence-electron chi connectivity index (χ2n) is 4.60. The van der Waals surface area contributed by atoms with E-state index in [0.717, 1.165) is 31.2 Å². The lowest BCUT2D eigenvalue weighted by molar-refractivity contribution is 0.0501. The molecule has 0 aliphatic rings. The van der Waals surface area contributed by atoms with Gasteiger partial charge in [-0.3, -0.25) is 0 Å². The molecule has 4 nitrogen and oxygen atoms in total. The number of carbonyl (C=O) groups is 1. The lowest BCUT2D eigenvalue weighted by Crippen LogP contribution is -2.07. The van der Waals surface area contributed by atoms with E-state index in [1.165, 1.54) is 6.07 Å². The molecule has 0 saturated heterocycles. The van der Waals surface area contributed by atoms with Crippen LogP contribution < -0.4 is 0 Å². The van der Waals surface area contributed by atoms with E-state index in [-0.39, 0.29) is 11.3 Å². The largest absolute Gasteiger partial charge is 0.504 e. The van der Waals surface area contributed by atoms with Gasteiger partial charge in [-0.15, -0.1) is 0 Å². The summed E-state index contributed by atoms with van der Waals surface area (Å²) in [5.74, 6) is -1.26. The highest BCUT2D eigenvalue weighted by Crippen LogP contribution is 2.31. The predicted octanol–water partition coefficient (Wildman–Crippen LogP) is 3.40. The van der Waals surface area contributed by atoms with E-state index in [1.807, 2.05) is 6.92 Å². The molecule has 0 amide bonds. The van der Waals surface area contributed by atoms with E-state index >= 15 is 0 Å². The van der Waals surface area contributed by atoms with Crippen molar-refractivity contribution in [1.29, 1.82) is 0 Å². The lowest BCUT2D eigenvalue weighted by atomic mass is 10.0. The summed E-state index contributed by atoms with van der Waals surface area (Å²) in [6.45, 7) is 4.31. The number of rotatable bonds is 7. The number of benzene rings is 1. The second kappa shape index (κ2) is 7.67. The van der Waals surface area contributed by atoms with Crippen molar-refractivity contribution in [2.24, 2.45) is 0 Å². The van der Waals surface area contributed by atoms with Crippen LogP contribution in [0.25, 0.3) is 0 Å². The molecule has 1 aromatic rings. The number of esters is 1. The molecule has 0 unspecified atom stereocenters. The number of aryl methyl sites for hydroxylation is 1. The Labute approximate surface area is 114 Å². The lowest BCUT2D eigenvalue weighted by Gasteiger charge is -2.09. The van der Waals surface area contributed by atoms with Gasteiger partial charge in [0.05, 0.1) is 6.61 Å². The minimum Gasteiger partial charge on any atom is -0.504 e. The Hall–Kier alpha value is -1.71. The smallest absolute Gasteiger partial charge is 0.342 e. The number of hydrogen-bond acceptors (Lipinski definition) is 4. The van der Waals surface area contributed by atoms with Crippen molar-refractivity contribution in [2.45, 2.75) is 46.0 Å². The van der Waals surface area contributed by atoms with E-state index in [0.29, 0.717) is 13.0 Å². The van der Waals surface area contributed by atoms with Gasteiger partial charge in [0.2, 0.25) is 0 Å². The van der Waals surface area contributed by atoms with Gasteiger partial charge in [-0.1, -0.05) is 26.7 Å². The molecule has 0 aliphatic carbocycles. The van der Waals surface area contributed by atoms with Crippen LogP contribution in [0.3, 0.4) is 0 Å². The van der Waals surface area contributed by atoms with Gasteiger partial charge in [0.15, 0.2) is 11.5 Å². The minimum atomic E-state index is -0.591. The fourth-order valence-corrected chi connectivity index (χ4v) is 1.83. The van der Waals surface area contributed by atoms with Crippen LogP contribution in [0.4, 0.5) is 0 Å². The molecule has 0 atom stereocenters. The van der Waals surface area contributed by atoms with Gasteiger partial charge in [-0.25, -0.2) is 4.79 Å². The van der Waals surface area contributed by atoms with Crippen LogP contribution in [-0.2, 0) is 11.2 Å². The van der Waals surface area contributed by atoms with Gasteiger partial charge < -0.3 is 14.9 Å². The second-order valence-corrected chi connectivity index (χ2v) is 4.60. The Kier molecular flexibility index (Phi) is 6.19. The maximum atomic E-state index is 11.8. The van der Waals surface area contributed by atoms with E-state index in [4.69, 9.17) is 4.74 Å². The SMILES string of the molecule is CCCCCc1cc(O)c(O)c(C(=O)OCCC)c1. The highest BCUT2D eigenvalue weighted by Gasteiger charge is 2.17. The summed E-state index contributed by atoms with van der Waals surface area (Å²) in [4.78, 5) is 11.8. The Morgan fingerprint density at radius 1 is 1.16 bits per heavy atom. The summed E-state index contributed by atoms with van der Waals surface area (Å²) in [5, 5.41) is 19.4. The molecule has 0 radical (unpaired) electrons. The van der Waals surface area contributed by atoms with Crippen molar-refractivity contribution in [3.05, 3.63) is 23.3 Å². The number of ether oxygens (including phenoxy) is 1. The van der Waals surface area contributed by atoms with Crippen LogP contribution in [0.2, 0.25) is 0 Å². The molecule has 0 saturated carbocycles. The van der Waals surface area contributed by atoms with Gasteiger partial charge in [-0.05, 0) is 37.0 Å². The van der Waals surface area contributed by atoms with E-state index in [2.05, 4.69) is 6.92 Å². The third-order valence-corrected chi connectivity index (χ3v) is 2.88. The molecule has 0 bridgehead atoms. The van der Waals surface area contributed by atoms with Gasteiger partial charge in [0.25, 0.3) is 0 Å². The summed E-state index contributed by atoms with van der Waals surface area (Å²) in [5.41, 5.74) is 0.882. The summed E-state index contributed by atoms with van der Waals surface area (Å²) < 4.78 is 4.98. The summed E-state index contributed by atoms with van der Waals surface area (Å²) in [6, 6.07) is 3.10. The van der Waals surface area contributed by atoms with Gasteiger partial charge in [-0.2, -0.15) is 0 Å². The first-order valence-electron chi connectivity index (χ1n) is 6.82. The van der Waals surface area contributed by atoms with Gasteiger partial charge >= 0.3 is 5.97 Å². The van der Waals surface area contributed by atoms with Crippen molar-refractivity contribution >= 4 is 5.97 Å². The zero-order chi connectivity index (χ0) is 14.3. The van der Waals surface area contributed by atoms with E-state index < -0.39 is 11.7 Å². The van der Waals surface area contributed by atoms with Crippen LogP contribution in [0.5, 0.6) is 11.5 Å². The monoisotopic (exact) mass is 266 g/mol. The van der Waals surface area contributed by atoms with Crippen molar-refractivity contribution in [3.63, 3.8) is 0 Å². The van der Waals surface area contributed by atoms with E-state index in [9.17, 15) is 15.0 Å². The maximum Gasteiger partial charge on any atom is 0.342 e. The normalized spacial score (nSPS) is 10.4. The first-order chi connectivity index (χ1) is 9.10. The zero-order valence-corrected chi connectivity index (χ0v) is 11.6. The zero-order valence-electron chi connectivity index (χ0n) is 11.6. The van der Waals surface area contributed by atoms with Crippen LogP contribution in [0.15, 0.2) is 12.1 Å². The van der Waals surface area contributed by atoms with Gasteiger partial charge in [0, 0.05) is 0 Å². The predicted molar refractivity (Wildman–Crippen MR) is 73.6 cm³/mol. The molecule has 0 fully saturated rings. The standard InChI is InChI=1S/C15H22O4/c1-3-5-6-7-11-9-12(14(17)13(16)10-11)15(18)19-8-4-2/h9-10,16-17H,3-8H2,1-2H3. The molecule has 0 aromatic heterocycles. The average Bonchev–Trinajstić information content (AvgIpc) is 2.40. The molecule has 4 heteroatoms. The molecule has 2 N–H and O–H groups in total. The van der Waals surface area contributed by atoms with Gasteiger partial charge in [0.1, 0.15) is 5.56 Å². The first-order valence-corrected chi connectivity index (χ1v) is 6.82. The maximum absolute atomic E-state index is 11.8. The Bertz CT molecular complexity index is 426. The number of phenols is 2. The first kappa shape index (κ1) is 15.3. The molecular formula is C15H22O4. The van der Waals surface area contributed by atoms with Crippen LogP contribution in [0, 0.1) is 0 Å². The summed E-state index contributed by atoms with van der Waals surface area (Å²) in [6.07, 6.45) is 4.68. The molecule has 1 aromatic carbocycles. The topological polar surface area (TPSA) is 66.8 Å². The molecule has 0 spiro atoms. The molecule has 106 valence electrons. The van der Waals surface area contributed by atoms with Crippen molar-refractivity contribution in [2.75, 3.05) is 6.61 Å². The third kappa shape index (κ3) is 4.47. The molecule has 19 heavy (non-hydrogen) atoms. The number of unbranched alkanes of at least 4 members (excludes halogenated alkanes) is 2. The fraction of sp³-hybridized carbons (Fsp3) is 0.533. The fourth-order valence-electron chi connectivity index (χ4n) is 1.83. The highest BCUT2D eigenvalue weighted by molar-refractivity contribution is 5.93. The Balaban J connectivity index is 2.86. The van der Waals surface area contributed by atoms with Crippen LogP contribution in [0.1, 0.15) is 55.5 Å². The Morgan fingerprint density at radius 2 is 1.89 bits per heavy atom. The van der Waals surface area contributed by atoms with Crippen molar-refractivity contribution in [1.82, 2.24) is 0 Å². The Morgan fingerprint density at radius 3 is 2.53 bits per heavy atom. The average molecular weight is 266 g/mol. The highest BCUT2D eigenvalue weighted by atomic mass is 16.5. The number of carbonyl (C=O) groups excluding carboxylic acids is 1. The number of aromatic hydroxyl groups is 2. The van der Waals surface area contributed by atoms with Crippen molar-refractivity contribution in [3.8, 4) is 11.5 Å². The van der Waals surface area contributed by atoms with Crippen LogP contribution >= 0.6 is 0 Å². The minimum absolute atomic E-state index is 0.0416. The molecule has 1 rings (SSSR count). The molecule has 0 heterocycles. The molecule has 0 aliphatic heterocycles. The summed E-state index contributed by atoms with van der Waals surface area (Å²) >= 11 is 0. The summed E-state index contributed by atoms with van der Waals surface area (Å²) in [7, 11) is 0. The number of phenolic OH excluding ortho intramolecular Hbond substituents is 2. The number of hydrogen-bond donors (Lipinski definition) is 2. The van der Waals surface area contributed by atoms with E-state index in [1.54, 1.807) is 6.07 Å². The quantitative estimate of drug-likeness (QED) is 0.451. The molecular weight excluding hydrogens is 244 g/mol. The van der Waals surface area contributed by atoms with Crippen molar-refractivity contribution < 1.29 is 19.7 Å². The van der Waals surface area contributed by atoms with Crippen LogP contribution in [-0.4, -0.2) is 22.8 Å². The third-order valence-electron chi connectivity index (χ3n) is 2.88.